The van der Waals surface area contributed by atoms with Crippen molar-refractivity contribution in [1.29, 1.82) is 0 Å². The van der Waals surface area contributed by atoms with E-state index in [1.807, 2.05) is 43.3 Å². The number of benzene rings is 3. The predicted molar refractivity (Wildman–Crippen MR) is 132 cm³/mol. The molecule has 5 heteroatoms. The fourth-order valence-corrected chi connectivity index (χ4v) is 4.42. The summed E-state index contributed by atoms with van der Waals surface area (Å²) in [7, 11) is 1.65. The van der Waals surface area contributed by atoms with Crippen LogP contribution in [-0.4, -0.2) is 24.6 Å². The van der Waals surface area contributed by atoms with Gasteiger partial charge >= 0.3 is 5.97 Å². The number of hydrogen-bond acceptors (Lipinski definition) is 4. The number of ether oxygens (including phenoxy) is 2. The van der Waals surface area contributed by atoms with Gasteiger partial charge in [-0.1, -0.05) is 76.6 Å². The van der Waals surface area contributed by atoms with E-state index >= 15 is 0 Å². The molecule has 0 aromatic heterocycles. The minimum Gasteiger partial charge on any atom is -0.497 e. The summed E-state index contributed by atoms with van der Waals surface area (Å²) < 4.78 is 11.8. The summed E-state index contributed by atoms with van der Waals surface area (Å²) in [5.41, 5.74) is 3.38. The Morgan fingerprint density at radius 1 is 0.969 bits per heavy atom. The molecule has 0 N–H and O–H groups in total. The first-order valence-electron chi connectivity index (χ1n) is 10.9. The minimum atomic E-state index is -0.213. The van der Waals surface area contributed by atoms with Gasteiger partial charge in [0.1, 0.15) is 5.75 Å². The summed E-state index contributed by atoms with van der Waals surface area (Å²) in [5.74, 6) is 0.532. The van der Waals surface area contributed by atoms with Crippen LogP contribution in [0.1, 0.15) is 49.0 Å². The van der Waals surface area contributed by atoms with Crippen LogP contribution in [0.3, 0.4) is 0 Å². The molecule has 0 aliphatic heterocycles. The average Bonchev–Trinajstić information content (AvgIpc) is 2.82. The van der Waals surface area contributed by atoms with Crippen molar-refractivity contribution < 1.29 is 14.3 Å². The molecule has 0 saturated heterocycles. The lowest BCUT2D eigenvalue weighted by Crippen LogP contribution is -2.33. The maximum Gasteiger partial charge on any atom is 0.307 e. The molecule has 2 atom stereocenters. The molecule has 2 unspecified atom stereocenters. The first kappa shape index (κ1) is 24.0. The van der Waals surface area contributed by atoms with Gasteiger partial charge in [-0.05, 0) is 48.7 Å². The van der Waals surface area contributed by atoms with Crippen molar-refractivity contribution in [3.63, 3.8) is 0 Å². The zero-order chi connectivity index (χ0) is 22.9. The number of methoxy groups -OCH3 is 1. The number of nitrogens with zero attached hydrogens (tertiary/aromatic N) is 1. The van der Waals surface area contributed by atoms with E-state index in [1.54, 1.807) is 7.11 Å². The van der Waals surface area contributed by atoms with Gasteiger partial charge in [-0.2, -0.15) is 0 Å². The Morgan fingerprint density at radius 3 is 2.25 bits per heavy atom. The van der Waals surface area contributed by atoms with Gasteiger partial charge in [-0.15, -0.1) is 0 Å². The number of esters is 1. The summed E-state index contributed by atoms with van der Waals surface area (Å²) in [6.07, 6.45) is 0.247. The molecular formula is C27H30BrNO3. The van der Waals surface area contributed by atoms with E-state index in [-0.39, 0.29) is 24.5 Å². The molecule has 0 spiro atoms. The van der Waals surface area contributed by atoms with E-state index in [0.717, 1.165) is 15.8 Å². The van der Waals surface area contributed by atoms with Crippen LogP contribution in [0.4, 0.5) is 0 Å². The SMILES string of the molecule is CCOC(=O)CC(c1cc(Br)cc(OC)c1)N(Cc1ccccc1)C(C)c1ccccc1. The predicted octanol–water partition coefficient (Wildman–Crippen LogP) is 6.72. The molecule has 0 aliphatic carbocycles. The van der Waals surface area contributed by atoms with Crippen molar-refractivity contribution >= 4 is 21.9 Å². The molecule has 0 saturated carbocycles. The average molecular weight is 496 g/mol. The zero-order valence-electron chi connectivity index (χ0n) is 18.8. The van der Waals surface area contributed by atoms with E-state index in [9.17, 15) is 4.79 Å². The van der Waals surface area contributed by atoms with E-state index in [0.29, 0.717) is 13.2 Å². The largest absolute Gasteiger partial charge is 0.497 e. The molecule has 168 valence electrons. The van der Waals surface area contributed by atoms with Crippen LogP contribution in [0.15, 0.2) is 83.3 Å². The van der Waals surface area contributed by atoms with Crippen LogP contribution in [0.2, 0.25) is 0 Å². The lowest BCUT2D eigenvalue weighted by molar-refractivity contribution is -0.145. The Morgan fingerprint density at radius 2 is 1.62 bits per heavy atom. The van der Waals surface area contributed by atoms with Gasteiger partial charge in [0, 0.05) is 23.1 Å². The molecule has 0 bridgehead atoms. The molecule has 0 heterocycles. The van der Waals surface area contributed by atoms with Gasteiger partial charge in [0.05, 0.1) is 20.1 Å². The van der Waals surface area contributed by atoms with Gasteiger partial charge in [-0.3, -0.25) is 9.69 Å². The Kier molecular flexibility index (Phi) is 8.89. The highest BCUT2D eigenvalue weighted by molar-refractivity contribution is 9.10. The Labute approximate surface area is 199 Å². The topological polar surface area (TPSA) is 38.8 Å². The maximum atomic E-state index is 12.7. The van der Waals surface area contributed by atoms with Crippen molar-refractivity contribution in [2.75, 3.05) is 13.7 Å². The van der Waals surface area contributed by atoms with Crippen LogP contribution < -0.4 is 4.74 Å². The highest BCUT2D eigenvalue weighted by atomic mass is 79.9. The highest BCUT2D eigenvalue weighted by Crippen LogP contribution is 2.37. The smallest absolute Gasteiger partial charge is 0.307 e. The lowest BCUT2D eigenvalue weighted by Gasteiger charge is -2.37. The monoisotopic (exact) mass is 495 g/mol. The maximum absolute atomic E-state index is 12.7. The second-order valence-corrected chi connectivity index (χ2v) is 8.61. The molecule has 0 aliphatic rings. The summed E-state index contributed by atoms with van der Waals surface area (Å²) in [4.78, 5) is 15.1. The fraction of sp³-hybridized carbons (Fsp3) is 0.296. The summed E-state index contributed by atoms with van der Waals surface area (Å²) in [6, 6.07) is 26.6. The third-order valence-corrected chi connectivity index (χ3v) is 6.03. The molecule has 0 radical (unpaired) electrons. The lowest BCUT2D eigenvalue weighted by atomic mass is 9.96. The summed E-state index contributed by atoms with van der Waals surface area (Å²) in [5, 5.41) is 0. The third-order valence-electron chi connectivity index (χ3n) is 5.57. The van der Waals surface area contributed by atoms with E-state index in [4.69, 9.17) is 9.47 Å². The van der Waals surface area contributed by atoms with Crippen LogP contribution in [0.5, 0.6) is 5.75 Å². The number of hydrogen-bond donors (Lipinski definition) is 0. The highest BCUT2D eigenvalue weighted by Gasteiger charge is 2.29. The van der Waals surface area contributed by atoms with Crippen molar-refractivity contribution in [3.05, 3.63) is 100 Å². The molecule has 0 amide bonds. The molecule has 3 aromatic rings. The van der Waals surface area contributed by atoms with Gasteiger partial charge < -0.3 is 9.47 Å². The third kappa shape index (κ3) is 6.44. The molecule has 32 heavy (non-hydrogen) atoms. The van der Waals surface area contributed by atoms with E-state index in [1.165, 1.54) is 11.1 Å². The van der Waals surface area contributed by atoms with Gasteiger partial charge in [0.2, 0.25) is 0 Å². The van der Waals surface area contributed by atoms with Crippen LogP contribution >= 0.6 is 15.9 Å². The van der Waals surface area contributed by atoms with Gasteiger partial charge in [0.25, 0.3) is 0 Å². The number of carbonyl (C=O) groups excluding carboxylic acids is 1. The normalized spacial score (nSPS) is 12.9. The first-order chi connectivity index (χ1) is 15.5. The Hall–Kier alpha value is -2.63. The molecular weight excluding hydrogens is 466 g/mol. The second kappa shape index (κ2) is 11.8. The summed E-state index contributed by atoms with van der Waals surface area (Å²) >= 11 is 3.60. The quantitative estimate of drug-likeness (QED) is 0.292. The fourth-order valence-electron chi connectivity index (χ4n) is 3.93. The molecule has 4 nitrogen and oxygen atoms in total. The first-order valence-corrected chi connectivity index (χ1v) is 11.7. The van der Waals surface area contributed by atoms with Crippen LogP contribution in [0, 0.1) is 0 Å². The Balaban J connectivity index is 2.08. The van der Waals surface area contributed by atoms with Gasteiger partial charge in [-0.25, -0.2) is 0 Å². The molecule has 3 rings (SSSR count). The zero-order valence-corrected chi connectivity index (χ0v) is 20.4. The number of carbonyl (C=O) groups is 1. The van der Waals surface area contributed by atoms with Crippen molar-refractivity contribution in [3.8, 4) is 5.75 Å². The van der Waals surface area contributed by atoms with Crippen molar-refractivity contribution in [2.24, 2.45) is 0 Å². The van der Waals surface area contributed by atoms with Gasteiger partial charge in [0.15, 0.2) is 0 Å². The molecule has 0 fully saturated rings. The van der Waals surface area contributed by atoms with Crippen molar-refractivity contribution in [1.82, 2.24) is 4.90 Å². The standard InChI is InChI=1S/C27H30BrNO3/c1-4-32-27(30)18-26(23-15-24(28)17-25(16-23)31-3)29(19-21-11-7-5-8-12-21)20(2)22-13-9-6-10-14-22/h5-17,20,26H,4,18-19H2,1-3H3. The van der Waals surface area contributed by atoms with E-state index < -0.39 is 0 Å². The Bertz CT molecular complexity index is 994. The van der Waals surface area contributed by atoms with Crippen LogP contribution in [0.25, 0.3) is 0 Å². The van der Waals surface area contributed by atoms with Crippen LogP contribution in [-0.2, 0) is 16.1 Å². The second-order valence-electron chi connectivity index (χ2n) is 7.69. The molecule has 3 aromatic carbocycles. The number of halogens is 1. The minimum absolute atomic E-state index is 0.0702. The van der Waals surface area contributed by atoms with Crippen molar-refractivity contribution in [2.45, 2.75) is 38.9 Å². The summed E-state index contributed by atoms with van der Waals surface area (Å²) in [6.45, 7) is 5.07. The van der Waals surface area contributed by atoms with E-state index in [2.05, 4.69) is 70.2 Å². The number of rotatable bonds is 10.